The average molecular weight is 449 g/mol. The Hall–Kier alpha value is -0.830. The predicted molar refractivity (Wildman–Crippen MR) is 110 cm³/mol. The minimum atomic E-state index is 0. The van der Waals surface area contributed by atoms with E-state index in [0.29, 0.717) is 6.54 Å². The number of aromatic nitrogens is 2. The highest BCUT2D eigenvalue weighted by atomic mass is 127. The van der Waals surface area contributed by atoms with Crippen molar-refractivity contribution in [3.8, 4) is 0 Å². The molecule has 0 amide bonds. The Morgan fingerprint density at radius 2 is 2.22 bits per heavy atom. The van der Waals surface area contributed by atoms with Gasteiger partial charge < -0.3 is 10.6 Å². The number of imidazole rings is 1. The van der Waals surface area contributed by atoms with Gasteiger partial charge in [-0.25, -0.2) is 4.98 Å². The van der Waals surface area contributed by atoms with E-state index in [2.05, 4.69) is 45.1 Å². The molecule has 0 aliphatic rings. The lowest BCUT2D eigenvalue weighted by Crippen LogP contribution is -2.39. The van der Waals surface area contributed by atoms with Gasteiger partial charge in [0.2, 0.25) is 0 Å². The summed E-state index contributed by atoms with van der Waals surface area (Å²) in [6.45, 7) is 6.18. The first-order chi connectivity index (χ1) is 10.8. The van der Waals surface area contributed by atoms with Crippen LogP contribution in [0.2, 0.25) is 0 Å². The third-order valence-corrected chi connectivity index (χ3v) is 4.68. The molecule has 0 fully saturated rings. The topological polar surface area (TPSA) is 53.7 Å². The van der Waals surface area contributed by atoms with Gasteiger partial charge in [0, 0.05) is 31.4 Å². The van der Waals surface area contributed by atoms with E-state index < -0.39 is 0 Å². The van der Waals surface area contributed by atoms with Gasteiger partial charge in [-0.15, -0.1) is 35.3 Å². The normalized spacial score (nSPS) is 12.9. The van der Waals surface area contributed by atoms with E-state index in [-0.39, 0.29) is 24.0 Å². The number of nitrogens with one attached hydrogen (secondary N) is 2. The van der Waals surface area contributed by atoms with Gasteiger partial charge in [0.1, 0.15) is 0 Å². The van der Waals surface area contributed by atoms with Crippen molar-refractivity contribution in [1.82, 2.24) is 20.0 Å². The Bertz CT molecular complexity index is 564. The Labute approximate surface area is 160 Å². The van der Waals surface area contributed by atoms with Crippen molar-refractivity contribution >= 4 is 46.2 Å². The van der Waals surface area contributed by atoms with Crippen LogP contribution in [0.5, 0.6) is 0 Å². The highest BCUT2D eigenvalue weighted by Gasteiger charge is 2.08. The van der Waals surface area contributed by atoms with Crippen molar-refractivity contribution in [3.05, 3.63) is 23.5 Å². The summed E-state index contributed by atoms with van der Waals surface area (Å²) in [6.07, 6.45) is 9.15. The van der Waals surface area contributed by atoms with E-state index in [0.717, 1.165) is 29.1 Å². The largest absolute Gasteiger partial charge is 0.356 e. The molecule has 2 aromatic rings. The number of aliphatic imine (C=N–C) groups is 1. The molecule has 0 aliphatic carbocycles. The molecule has 0 saturated carbocycles. The molecule has 0 aliphatic heterocycles. The van der Waals surface area contributed by atoms with E-state index in [4.69, 9.17) is 0 Å². The number of unbranched alkanes of at least 4 members (excludes halogenated alkanes) is 1. The van der Waals surface area contributed by atoms with Crippen LogP contribution < -0.4 is 10.6 Å². The maximum absolute atomic E-state index is 4.57. The first-order valence-corrected chi connectivity index (χ1v) is 9.00. The second-order valence-electron chi connectivity index (χ2n) is 5.55. The highest BCUT2D eigenvalue weighted by Crippen LogP contribution is 2.12. The number of halogens is 1. The highest BCUT2D eigenvalue weighted by molar-refractivity contribution is 14.0. The zero-order chi connectivity index (χ0) is 15.8. The number of rotatable bonds is 8. The first-order valence-electron chi connectivity index (χ1n) is 8.12. The summed E-state index contributed by atoms with van der Waals surface area (Å²) in [5, 5.41) is 8.82. The Morgan fingerprint density at radius 1 is 1.39 bits per heavy atom. The van der Waals surface area contributed by atoms with Crippen LogP contribution in [0.3, 0.4) is 0 Å². The second-order valence-corrected chi connectivity index (χ2v) is 6.42. The van der Waals surface area contributed by atoms with Crippen LogP contribution in [-0.4, -0.2) is 28.9 Å². The number of hydrogen-bond donors (Lipinski definition) is 2. The lowest BCUT2D eigenvalue weighted by atomic mass is 9.99. The van der Waals surface area contributed by atoms with Crippen LogP contribution in [0.4, 0.5) is 0 Å². The van der Waals surface area contributed by atoms with Gasteiger partial charge in [-0.05, 0) is 12.3 Å². The summed E-state index contributed by atoms with van der Waals surface area (Å²) in [6, 6.07) is 0. The second kappa shape index (κ2) is 10.9. The first kappa shape index (κ1) is 20.2. The fourth-order valence-electron chi connectivity index (χ4n) is 2.44. The van der Waals surface area contributed by atoms with E-state index >= 15 is 0 Å². The number of nitrogens with zero attached hydrogens (tertiary/aromatic N) is 3. The van der Waals surface area contributed by atoms with E-state index in [1.54, 1.807) is 11.3 Å². The molecule has 7 heteroatoms. The van der Waals surface area contributed by atoms with Gasteiger partial charge >= 0.3 is 0 Å². The average Bonchev–Trinajstić information content (AvgIpc) is 3.11. The zero-order valence-corrected chi connectivity index (χ0v) is 17.4. The molecular formula is C16H28IN5S. The number of fused-ring (bicyclic) bond motifs is 1. The summed E-state index contributed by atoms with van der Waals surface area (Å²) in [5.41, 5.74) is 1.04. The molecule has 0 spiro atoms. The monoisotopic (exact) mass is 449 g/mol. The van der Waals surface area contributed by atoms with Crippen LogP contribution in [0.25, 0.3) is 4.96 Å². The van der Waals surface area contributed by atoms with Crippen molar-refractivity contribution in [3.63, 3.8) is 0 Å². The summed E-state index contributed by atoms with van der Waals surface area (Å²) in [5.74, 6) is 1.57. The van der Waals surface area contributed by atoms with Crippen LogP contribution in [0.1, 0.15) is 45.2 Å². The molecule has 1 atom stereocenters. The minimum absolute atomic E-state index is 0. The van der Waals surface area contributed by atoms with Gasteiger partial charge in [0.25, 0.3) is 0 Å². The SMILES string of the molecule is CCCCC(CC)CNC(=NC)NCc1cn2ccsc2n1.I. The third kappa shape index (κ3) is 6.29. The zero-order valence-electron chi connectivity index (χ0n) is 14.2. The molecule has 2 N–H and O–H groups in total. The van der Waals surface area contributed by atoms with Crippen LogP contribution >= 0.6 is 35.3 Å². The molecule has 0 radical (unpaired) electrons. The minimum Gasteiger partial charge on any atom is -0.356 e. The van der Waals surface area contributed by atoms with Gasteiger partial charge in [0.15, 0.2) is 10.9 Å². The van der Waals surface area contributed by atoms with Crippen LogP contribution in [-0.2, 0) is 6.54 Å². The fourth-order valence-corrected chi connectivity index (χ4v) is 3.16. The number of hydrogen-bond acceptors (Lipinski definition) is 3. The lowest BCUT2D eigenvalue weighted by Gasteiger charge is -2.17. The Morgan fingerprint density at radius 3 is 2.87 bits per heavy atom. The van der Waals surface area contributed by atoms with Crippen molar-refractivity contribution in [1.29, 1.82) is 0 Å². The molecular weight excluding hydrogens is 421 g/mol. The summed E-state index contributed by atoms with van der Waals surface area (Å²) < 4.78 is 2.05. The van der Waals surface area contributed by atoms with Crippen LogP contribution in [0.15, 0.2) is 22.8 Å². The maximum Gasteiger partial charge on any atom is 0.193 e. The van der Waals surface area contributed by atoms with Gasteiger partial charge in [0.05, 0.1) is 12.2 Å². The Balaban J connectivity index is 0.00000264. The number of guanidine groups is 1. The van der Waals surface area contributed by atoms with Crippen molar-refractivity contribution < 1.29 is 0 Å². The standard InChI is InChI=1S/C16H27N5S.HI/c1-4-6-7-13(5-2)10-18-15(17-3)19-11-14-12-21-8-9-22-16(21)20-14;/h8-9,12-13H,4-7,10-11H2,1-3H3,(H2,17,18,19);1H. The summed E-state index contributed by atoms with van der Waals surface area (Å²) in [4.78, 5) is 9.89. The predicted octanol–water partition coefficient (Wildman–Crippen LogP) is 3.90. The summed E-state index contributed by atoms with van der Waals surface area (Å²) in [7, 11) is 1.81. The molecule has 0 bridgehead atoms. The van der Waals surface area contributed by atoms with E-state index in [1.165, 1.54) is 25.7 Å². The molecule has 2 rings (SSSR count). The molecule has 0 aromatic carbocycles. The molecule has 5 nitrogen and oxygen atoms in total. The maximum atomic E-state index is 4.57. The van der Waals surface area contributed by atoms with E-state index in [1.807, 2.05) is 18.6 Å². The van der Waals surface area contributed by atoms with Gasteiger partial charge in [-0.3, -0.25) is 9.39 Å². The fraction of sp³-hybridized carbons (Fsp3) is 0.625. The smallest absolute Gasteiger partial charge is 0.193 e. The molecule has 2 aromatic heterocycles. The quantitative estimate of drug-likeness (QED) is 0.365. The molecule has 2 heterocycles. The van der Waals surface area contributed by atoms with Gasteiger partial charge in [-0.1, -0.05) is 33.1 Å². The third-order valence-electron chi connectivity index (χ3n) is 3.91. The molecule has 23 heavy (non-hydrogen) atoms. The van der Waals surface area contributed by atoms with Crippen molar-refractivity contribution in [2.75, 3.05) is 13.6 Å². The van der Waals surface area contributed by atoms with Crippen molar-refractivity contribution in [2.24, 2.45) is 10.9 Å². The molecule has 0 saturated heterocycles. The van der Waals surface area contributed by atoms with Crippen molar-refractivity contribution in [2.45, 2.75) is 46.1 Å². The Kier molecular flexibility index (Phi) is 9.54. The lowest BCUT2D eigenvalue weighted by molar-refractivity contribution is 0.443. The van der Waals surface area contributed by atoms with E-state index in [9.17, 15) is 0 Å². The molecule has 1 unspecified atom stereocenters. The van der Waals surface area contributed by atoms with Crippen LogP contribution in [0, 0.1) is 5.92 Å². The summed E-state index contributed by atoms with van der Waals surface area (Å²) >= 11 is 1.65. The number of thiazole rings is 1. The van der Waals surface area contributed by atoms with Gasteiger partial charge in [-0.2, -0.15) is 0 Å². The molecule has 130 valence electrons.